The molecule has 0 bridgehead atoms. The van der Waals surface area contributed by atoms with E-state index in [0.717, 1.165) is 10.5 Å². The Kier molecular flexibility index (Phi) is 9.00. The summed E-state index contributed by atoms with van der Waals surface area (Å²) >= 11 is 0. The standard InChI is InChI=1S/C27H32N4O6/c1-4-16(2)24(30-22(33)13-18-9-6-5-7-10-18)26(35)28-15-23(34)31-21(27(36)37)14-19-11-8-12-20(25(19)31)29-17(3)32/h5-12,16,21,24H,4,13-15H2,1-3H3,(H,28,35)(H,29,32)(H,30,33)(H,36,37)/t16-,21-,24-/m0/s1. The fraction of sp³-hybridized carbons (Fsp3) is 0.370. The van der Waals surface area contributed by atoms with Gasteiger partial charge >= 0.3 is 5.97 Å². The number of anilines is 2. The number of nitrogens with one attached hydrogen (secondary N) is 3. The second kappa shape index (κ2) is 12.2. The Hall–Kier alpha value is -4.21. The lowest BCUT2D eigenvalue weighted by molar-refractivity contribution is -0.139. The summed E-state index contributed by atoms with van der Waals surface area (Å²) in [6.07, 6.45) is 0.790. The van der Waals surface area contributed by atoms with E-state index in [4.69, 9.17) is 0 Å². The summed E-state index contributed by atoms with van der Waals surface area (Å²) in [5.74, 6) is -3.27. The summed E-state index contributed by atoms with van der Waals surface area (Å²) in [6, 6.07) is 12.0. The molecule has 4 N–H and O–H groups in total. The van der Waals surface area contributed by atoms with Crippen LogP contribution < -0.4 is 20.9 Å². The molecule has 1 heterocycles. The lowest BCUT2D eigenvalue weighted by Gasteiger charge is -2.26. The van der Waals surface area contributed by atoms with Gasteiger partial charge in [0.05, 0.1) is 24.3 Å². The zero-order valence-electron chi connectivity index (χ0n) is 21.1. The zero-order valence-corrected chi connectivity index (χ0v) is 21.1. The number of carboxylic acid groups (broad SMARTS) is 1. The van der Waals surface area contributed by atoms with Crippen LogP contribution >= 0.6 is 0 Å². The van der Waals surface area contributed by atoms with Gasteiger partial charge in [-0.2, -0.15) is 0 Å². The van der Waals surface area contributed by atoms with E-state index in [0.29, 0.717) is 23.4 Å². The second-order valence-corrected chi connectivity index (χ2v) is 9.13. The van der Waals surface area contributed by atoms with Crippen molar-refractivity contribution >= 4 is 41.0 Å². The van der Waals surface area contributed by atoms with Crippen LogP contribution in [0.25, 0.3) is 0 Å². The number of carboxylic acids is 1. The third-order valence-corrected chi connectivity index (χ3v) is 6.38. The van der Waals surface area contributed by atoms with Crippen molar-refractivity contribution in [3.05, 3.63) is 59.7 Å². The minimum Gasteiger partial charge on any atom is -0.480 e. The largest absolute Gasteiger partial charge is 0.480 e. The van der Waals surface area contributed by atoms with Gasteiger partial charge in [-0.3, -0.25) is 24.1 Å². The van der Waals surface area contributed by atoms with E-state index in [2.05, 4.69) is 16.0 Å². The molecule has 1 aliphatic rings. The fourth-order valence-corrected chi connectivity index (χ4v) is 4.35. The molecular weight excluding hydrogens is 476 g/mol. The number of hydrogen-bond acceptors (Lipinski definition) is 5. The maximum Gasteiger partial charge on any atom is 0.327 e. The first kappa shape index (κ1) is 27.4. The molecule has 0 aromatic heterocycles. The highest BCUT2D eigenvalue weighted by Gasteiger charge is 2.40. The van der Waals surface area contributed by atoms with E-state index in [1.165, 1.54) is 6.92 Å². The molecule has 0 unspecified atom stereocenters. The minimum absolute atomic E-state index is 0.0722. The molecule has 2 aromatic rings. The normalized spacial score (nSPS) is 15.8. The molecule has 2 aromatic carbocycles. The summed E-state index contributed by atoms with van der Waals surface area (Å²) in [5.41, 5.74) is 2.03. The fourth-order valence-electron chi connectivity index (χ4n) is 4.35. The Morgan fingerprint density at radius 3 is 2.38 bits per heavy atom. The average Bonchev–Trinajstić information content (AvgIpc) is 3.27. The van der Waals surface area contributed by atoms with Gasteiger partial charge in [0.15, 0.2) is 0 Å². The van der Waals surface area contributed by atoms with Crippen LogP contribution in [0.3, 0.4) is 0 Å². The summed E-state index contributed by atoms with van der Waals surface area (Å²) in [4.78, 5) is 63.6. The number of rotatable bonds is 10. The molecule has 37 heavy (non-hydrogen) atoms. The van der Waals surface area contributed by atoms with E-state index < -0.39 is 36.4 Å². The monoisotopic (exact) mass is 508 g/mol. The topological polar surface area (TPSA) is 145 Å². The number of fused-ring (bicyclic) bond motifs is 1. The summed E-state index contributed by atoms with van der Waals surface area (Å²) in [7, 11) is 0. The summed E-state index contributed by atoms with van der Waals surface area (Å²) < 4.78 is 0. The molecule has 0 saturated heterocycles. The Balaban J connectivity index is 1.74. The van der Waals surface area contributed by atoms with Crippen LogP contribution in [0, 0.1) is 5.92 Å². The van der Waals surface area contributed by atoms with Crippen LogP contribution in [0.2, 0.25) is 0 Å². The maximum absolute atomic E-state index is 13.2. The molecule has 0 spiro atoms. The van der Waals surface area contributed by atoms with Gasteiger partial charge in [-0.25, -0.2) is 4.79 Å². The maximum atomic E-state index is 13.2. The van der Waals surface area contributed by atoms with E-state index in [1.807, 2.05) is 44.2 Å². The van der Waals surface area contributed by atoms with Gasteiger partial charge in [-0.1, -0.05) is 62.7 Å². The second-order valence-electron chi connectivity index (χ2n) is 9.13. The number of aliphatic carboxylic acids is 1. The van der Waals surface area contributed by atoms with E-state index >= 15 is 0 Å². The molecular formula is C27H32N4O6. The number of carbonyl (C=O) groups excluding carboxylic acids is 4. The van der Waals surface area contributed by atoms with Gasteiger partial charge in [-0.15, -0.1) is 0 Å². The third kappa shape index (κ3) is 6.72. The summed E-state index contributed by atoms with van der Waals surface area (Å²) in [6.45, 7) is 4.56. The summed E-state index contributed by atoms with van der Waals surface area (Å²) in [5, 5.41) is 17.7. The van der Waals surface area contributed by atoms with Crippen molar-refractivity contribution in [1.29, 1.82) is 0 Å². The molecule has 10 heteroatoms. The first-order valence-electron chi connectivity index (χ1n) is 12.2. The molecule has 1 aliphatic heterocycles. The van der Waals surface area contributed by atoms with Crippen molar-refractivity contribution in [3.8, 4) is 0 Å². The Morgan fingerprint density at radius 1 is 1.05 bits per heavy atom. The van der Waals surface area contributed by atoms with Gasteiger partial charge in [0.1, 0.15) is 12.1 Å². The molecule has 196 valence electrons. The number of benzene rings is 2. The van der Waals surface area contributed by atoms with E-state index in [1.54, 1.807) is 18.2 Å². The lowest BCUT2D eigenvalue weighted by atomic mass is 9.98. The van der Waals surface area contributed by atoms with Gasteiger partial charge in [0.2, 0.25) is 23.6 Å². The zero-order chi connectivity index (χ0) is 27.1. The SMILES string of the molecule is CC[C@H](C)[C@H](NC(=O)Cc1ccccc1)C(=O)NCC(=O)N1c2c(cccc2NC(C)=O)C[C@H]1C(=O)O. The first-order chi connectivity index (χ1) is 17.6. The van der Waals surface area contributed by atoms with Gasteiger partial charge in [0, 0.05) is 13.3 Å². The van der Waals surface area contributed by atoms with Crippen LogP contribution in [-0.4, -0.2) is 53.3 Å². The highest BCUT2D eigenvalue weighted by molar-refractivity contribution is 6.08. The molecule has 0 saturated carbocycles. The minimum atomic E-state index is -1.20. The van der Waals surface area contributed by atoms with Crippen molar-refractivity contribution in [1.82, 2.24) is 10.6 Å². The number of nitrogens with zero attached hydrogens (tertiary/aromatic N) is 1. The number of hydrogen-bond donors (Lipinski definition) is 4. The van der Waals surface area contributed by atoms with Crippen LogP contribution in [0.4, 0.5) is 11.4 Å². The first-order valence-corrected chi connectivity index (χ1v) is 12.2. The number of amides is 4. The Labute approximate surface area is 215 Å². The van der Waals surface area contributed by atoms with E-state index in [-0.39, 0.29) is 30.6 Å². The quantitative estimate of drug-likeness (QED) is 0.386. The van der Waals surface area contributed by atoms with Gasteiger partial charge < -0.3 is 21.1 Å². The predicted octanol–water partition coefficient (Wildman–Crippen LogP) is 1.88. The van der Waals surface area contributed by atoms with E-state index in [9.17, 15) is 29.1 Å². The molecule has 0 radical (unpaired) electrons. The van der Waals surface area contributed by atoms with Gasteiger partial charge in [-0.05, 0) is 23.1 Å². The van der Waals surface area contributed by atoms with Crippen molar-refractivity contribution in [2.24, 2.45) is 5.92 Å². The van der Waals surface area contributed by atoms with Crippen LogP contribution in [0.15, 0.2) is 48.5 Å². The molecule has 0 fully saturated rings. The number of carbonyl (C=O) groups is 5. The van der Waals surface area contributed by atoms with Gasteiger partial charge in [0.25, 0.3) is 0 Å². The highest BCUT2D eigenvalue weighted by atomic mass is 16.4. The van der Waals surface area contributed by atoms with Crippen LogP contribution in [0.1, 0.15) is 38.3 Å². The predicted molar refractivity (Wildman–Crippen MR) is 138 cm³/mol. The Bertz CT molecular complexity index is 1180. The third-order valence-electron chi connectivity index (χ3n) is 6.38. The average molecular weight is 509 g/mol. The van der Waals surface area contributed by atoms with Crippen molar-refractivity contribution < 1.29 is 29.1 Å². The molecule has 4 amide bonds. The lowest BCUT2D eigenvalue weighted by Crippen LogP contribution is -2.53. The molecule has 10 nitrogen and oxygen atoms in total. The smallest absolute Gasteiger partial charge is 0.327 e. The van der Waals surface area contributed by atoms with Crippen molar-refractivity contribution in [2.75, 3.05) is 16.8 Å². The van der Waals surface area contributed by atoms with Crippen LogP contribution in [-0.2, 0) is 36.8 Å². The molecule has 3 atom stereocenters. The number of para-hydroxylation sites is 1. The molecule has 0 aliphatic carbocycles. The highest BCUT2D eigenvalue weighted by Crippen LogP contribution is 2.38. The van der Waals surface area contributed by atoms with Crippen LogP contribution in [0.5, 0.6) is 0 Å². The Morgan fingerprint density at radius 2 is 1.76 bits per heavy atom. The van der Waals surface area contributed by atoms with Crippen molar-refractivity contribution in [3.63, 3.8) is 0 Å². The van der Waals surface area contributed by atoms with Crippen molar-refractivity contribution in [2.45, 2.75) is 52.1 Å². The molecule has 3 rings (SSSR count).